The highest BCUT2D eigenvalue weighted by atomic mass is 32.1. The summed E-state index contributed by atoms with van der Waals surface area (Å²) >= 11 is 1.46. The molecule has 1 N–H and O–H groups in total. The summed E-state index contributed by atoms with van der Waals surface area (Å²) in [5.74, 6) is 0.289. The highest BCUT2D eigenvalue weighted by molar-refractivity contribution is 7.18. The molecule has 1 aromatic carbocycles. The number of rotatable bonds is 6. The summed E-state index contributed by atoms with van der Waals surface area (Å²) in [5.41, 5.74) is 1.35. The van der Waals surface area contributed by atoms with Gasteiger partial charge in [0.15, 0.2) is 0 Å². The highest BCUT2D eigenvalue weighted by Gasteiger charge is 2.21. The van der Waals surface area contributed by atoms with Gasteiger partial charge in [-0.25, -0.2) is 4.98 Å². The first kappa shape index (κ1) is 15.7. The molecule has 0 bridgehead atoms. The molecule has 0 aliphatic heterocycles. The van der Waals surface area contributed by atoms with Crippen LogP contribution in [0.5, 0.6) is 0 Å². The number of thiazole rings is 1. The van der Waals surface area contributed by atoms with Crippen LogP contribution < -0.4 is 5.32 Å². The molecule has 2 aromatic rings. The molecule has 7 heteroatoms. The lowest BCUT2D eigenvalue weighted by atomic mass is 10.0. The predicted octanol–water partition coefficient (Wildman–Crippen LogP) is 3.60. The Labute approximate surface area is 127 Å². The molecule has 1 aromatic heterocycles. The summed E-state index contributed by atoms with van der Waals surface area (Å²) in [6, 6.07) is 3.35. The van der Waals surface area contributed by atoms with Crippen molar-refractivity contribution in [1.82, 2.24) is 4.98 Å². The first-order chi connectivity index (χ1) is 9.92. The number of benzene rings is 1. The van der Waals surface area contributed by atoms with E-state index in [-0.39, 0.29) is 22.6 Å². The minimum absolute atomic E-state index is 0.00545. The maximum atomic E-state index is 11.3. The molecule has 2 rings (SSSR count). The summed E-state index contributed by atoms with van der Waals surface area (Å²) in [7, 11) is 1.62. The Morgan fingerprint density at radius 2 is 2.19 bits per heavy atom. The fourth-order valence-electron chi connectivity index (χ4n) is 2.13. The minimum atomic E-state index is -0.360. The van der Waals surface area contributed by atoms with Crippen LogP contribution in [0.2, 0.25) is 0 Å². The maximum absolute atomic E-state index is 11.3. The predicted molar refractivity (Wildman–Crippen MR) is 85.1 cm³/mol. The number of nitrogens with zero attached hydrogens (tertiary/aromatic N) is 2. The number of nitro groups is 1. The minimum Gasteiger partial charge on any atom is -0.383 e. The third-order valence-corrected chi connectivity index (χ3v) is 4.23. The average Bonchev–Trinajstić information content (AvgIpc) is 2.76. The molecular formula is C14H19N3O3S. The van der Waals surface area contributed by atoms with Crippen molar-refractivity contribution in [3.05, 3.63) is 27.3 Å². The Kier molecular flexibility index (Phi) is 4.74. The van der Waals surface area contributed by atoms with E-state index in [4.69, 9.17) is 4.74 Å². The second kappa shape index (κ2) is 6.36. The molecule has 0 saturated carbocycles. The first-order valence-electron chi connectivity index (χ1n) is 6.73. The van der Waals surface area contributed by atoms with Crippen LogP contribution in [0, 0.1) is 23.0 Å². The molecule has 0 spiro atoms. The Morgan fingerprint density at radius 3 is 2.76 bits per heavy atom. The van der Waals surface area contributed by atoms with Crippen LogP contribution in [-0.4, -0.2) is 29.7 Å². The van der Waals surface area contributed by atoms with Gasteiger partial charge in [-0.2, -0.15) is 0 Å². The van der Waals surface area contributed by atoms with Gasteiger partial charge in [0.2, 0.25) is 0 Å². The number of hydrogen-bond donors (Lipinski definition) is 1. The smallest absolute Gasteiger partial charge is 0.293 e. The van der Waals surface area contributed by atoms with E-state index >= 15 is 0 Å². The van der Waals surface area contributed by atoms with E-state index in [0.717, 1.165) is 15.2 Å². The molecule has 0 fully saturated rings. The van der Waals surface area contributed by atoms with E-state index < -0.39 is 0 Å². The number of hydrogen-bond acceptors (Lipinski definition) is 6. The lowest BCUT2D eigenvalue weighted by molar-refractivity contribution is -0.383. The normalized spacial score (nSPS) is 12.8. The largest absolute Gasteiger partial charge is 0.383 e. The van der Waals surface area contributed by atoms with Gasteiger partial charge in [0.1, 0.15) is 5.69 Å². The zero-order chi connectivity index (χ0) is 15.6. The van der Waals surface area contributed by atoms with Crippen molar-refractivity contribution in [2.45, 2.75) is 26.8 Å². The second-order valence-electron chi connectivity index (χ2n) is 5.28. The summed E-state index contributed by atoms with van der Waals surface area (Å²) < 4.78 is 6.01. The molecule has 0 amide bonds. The molecule has 114 valence electrons. The maximum Gasteiger partial charge on any atom is 0.293 e. The van der Waals surface area contributed by atoms with E-state index in [2.05, 4.69) is 10.3 Å². The van der Waals surface area contributed by atoms with Crippen LogP contribution in [0.15, 0.2) is 12.1 Å². The van der Waals surface area contributed by atoms with Gasteiger partial charge < -0.3 is 10.1 Å². The van der Waals surface area contributed by atoms with Gasteiger partial charge in [0.05, 0.1) is 32.8 Å². The number of aryl methyl sites for hydroxylation is 1. The number of nitro benzene ring substituents is 1. The van der Waals surface area contributed by atoms with Gasteiger partial charge in [-0.3, -0.25) is 10.1 Å². The number of methoxy groups -OCH3 is 1. The summed E-state index contributed by atoms with van der Waals surface area (Å²) in [6.07, 6.45) is 0. The van der Waals surface area contributed by atoms with Crippen molar-refractivity contribution in [2.75, 3.05) is 19.0 Å². The summed E-state index contributed by atoms with van der Waals surface area (Å²) in [6.45, 7) is 6.48. The van der Waals surface area contributed by atoms with Crippen molar-refractivity contribution in [2.24, 2.45) is 5.92 Å². The Bertz CT molecular complexity index is 654. The van der Waals surface area contributed by atoms with E-state index in [9.17, 15) is 10.1 Å². The number of anilines is 1. The van der Waals surface area contributed by atoms with Crippen molar-refractivity contribution >= 4 is 32.9 Å². The molecular weight excluding hydrogens is 290 g/mol. The fraction of sp³-hybridized carbons (Fsp3) is 0.500. The summed E-state index contributed by atoms with van der Waals surface area (Å²) in [5, 5.41) is 15.4. The molecule has 0 aliphatic carbocycles. The van der Waals surface area contributed by atoms with Crippen LogP contribution >= 0.6 is 11.3 Å². The van der Waals surface area contributed by atoms with Crippen molar-refractivity contribution in [3.8, 4) is 0 Å². The molecule has 21 heavy (non-hydrogen) atoms. The van der Waals surface area contributed by atoms with Crippen LogP contribution in [0.25, 0.3) is 10.2 Å². The fourth-order valence-corrected chi connectivity index (χ4v) is 2.97. The van der Waals surface area contributed by atoms with Crippen LogP contribution in [0.1, 0.15) is 18.9 Å². The quantitative estimate of drug-likeness (QED) is 0.651. The van der Waals surface area contributed by atoms with Crippen molar-refractivity contribution in [1.29, 1.82) is 0 Å². The van der Waals surface area contributed by atoms with Gasteiger partial charge in [-0.1, -0.05) is 13.8 Å². The van der Waals surface area contributed by atoms with E-state index in [1.807, 2.05) is 20.8 Å². The number of ether oxygens (including phenoxy) is 1. The third kappa shape index (κ3) is 3.48. The van der Waals surface area contributed by atoms with Crippen molar-refractivity contribution in [3.63, 3.8) is 0 Å². The standard InChI is InChI=1S/C14H19N3O3S/c1-8(2)12(7-20-4)16-10-5-11-14(21-9(3)15-11)6-13(10)17(18)19/h5-6,8,12,16H,7H2,1-4H3. The molecule has 0 saturated heterocycles. The molecule has 1 heterocycles. The Hall–Kier alpha value is -1.73. The number of nitrogens with one attached hydrogen (secondary N) is 1. The number of aromatic nitrogens is 1. The molecule has 0 radical (unpaired) electrons. The Balaban J connectivity index is 2.44. The van der Waals surface area contributed by atoms with E-state index in [1.54, 1.807) is 19.2 Å². The Morgan fingerprint density at radius 1 is 1.48 bits per heavy atom. The molecule has 6 nitrogen and oxygen atoms in total. The second-order valence-corrected chi connectivity index (χ2v) is 6.51. The van der Waals surface area contributed by atoms with Crippen molar-refractivity contribution < 1.29 is 9.66 Å². The van der Waals surface area contributed by atoms with E-state index in [1.165, 1.54) is 11.3 Å². The average molecular weight is 309 g/mol. The first-order valence-corrected chi connectivity index (χ1v) is 7.55. The molecule has 1 atom stereocenters. The van der Waals surface area contributed by atoms with Crippen LogP contribution in [0.4, 0.5) is 11.4 Å². The summed E-state index contributed by atoms with van der Waals surface area (Å²) in [4.78, 5) is 15.3. The van der Waals surface area contributed by atoms with E-state index in [0.29, 0.717) is 12.3 Å². The topological polar surface area (TPSA) is 77.3 Å². The van der Waals surface area contributed by atoms with Gasteiger partial charge >= 0.3 is 0 Å². The zero-order valence-electron chi connectivity index (χ0n) is 12.5. The zero-order valence-corrected chi connectivity index (χ0v) is 13.4. The van der Waals surface area contributed by atoms with Gasteiger partial charge in [0.25, 0.3) is 5.69 Å². The number of fused-ring (bicyclic) bond motifs is 1. The third-order valence-electron chi connectivity index (χ3n) is 3.30. The monoisotopic (exact) mass is 309 g/mol. The SMILES string of the molecule is COCC(Nc1cc2nc(C)sc2cc1[N+](=O)[O-])C(C)C. The lowest BCUT2D eigenvalue weighted by Crippen LogP contribution is -2.30. The van der Waals surface area contributed by atoms with Gasteiger partial charge in [-0.15, -0.1) is 11.3 Å². The highest BCUT2D eigenvalue weighted by Crippen LogP contribution is 2.33. The van der Waals surface area contributed by atoms with Crippen LogP contribution in [-0.2, 0) is 4.74 Å². The van der Waals surface area contributed by atoms with Gasteiger partial charge in [0, 0.05) is 13.2 Å². The molecule has 1 unspecified atom stereocenters. The molecule has 0 aliphatic rings. The van der Waals surface area contributed by atoms with Gasteiger partial charge in [-0.05, 0) is 18.9 Å². The van der Waals surface area contributed by atoms with Crippen LogP contribution in [0.3, 0.4) is 0 Å². The lowest BCUT2D eigenvalue weighted by Gasteiger charge is -2.22.